The van der Waals surface area contributed by atoms with Crippen LogP contribution >= 0.6 is 0 Å². The lowest BCUT2D eigenvalue weighted by Gasteiger charge is -2.26. The summed E-state index contributed by atoms with van der Waals surface area (Å²) in [4.78, 5) is 48.9. The maximum Gasteiger partial charge on any atom is 0.514 e. The summed E-state index contributed by atoms with van der Waals surface area (Å²) in [6.45, 7) is 10.8. The van der Waals surface area contributed by atoms with Crippen LogP contribution in [0.15, 0.2) is 18.2 Å². The zero-order chi connectivity index (χ0) is 29.6. The molecule has 2 N–H and O–H groups in total. The fourth-order valence-corrected chi connectivity index (χ4v) is 2.97. The van der Waals surface area contributed by atoms with E-state index >= 15 is 0 Å². The van der Waals surface area contributed by atoms with Gasteiger partial charge in [0.05, 0.1) is 20.3 Å². The first-order valence-corrected chi connectivity index (χ1v) is 12.9. The lowest BCUT2D eigenvalue weighted by Crippen LogP contribution is -2.51. The van der Waals surface area contributed by atoms with Crippen molar-refractivity contribution in [1.29, 1.82) is 0 Å². The Bertz CT molecular complexity index is 965. The van der Waals surface area contributed by atoms with Gasteiger partial charge in [0, 0.05) is 12.8 Å². The van der Waals surface area contributed by atoms with Crippen molar-refractivity contribution in [3.8, 4) is 11.5 Å². The molecular formula is C27H41NO11. The Morgan fingerprint density at radius 3 is 1.92 bits per heavy atom. The highest BCUT2D eigenvalue weighted by molar-refractivity contribution is 5.81. The minimum atomic E-state index is -1.61. The summed E-state index contributed by atoms with van der Waals surface area (Å²) in [6.07, 6.45) is -2.74. The molecule has 0 bridgehead atoms. The molecule has 0 saturated heterocycles. The van der Waals surface area contributed by atoms with Gasteiger partial charge in [-0.1, -0.05) is 33.8 Å². The number of ether oxygens (including phenoxy) is 7. The summed E-state index contributed by atoms with van der Waals surface area (Å²) < 4.78 is 35.7. The molecule has 2 unspecified atom stereocenters. The van der Waals surface area contributed by atoms with Crippen molar-refractivity contribution >= 4 is 24.4 Å². The number of hydrogen-bond acceptors (Lipinski definition) is 12. The molecule has 0 aliphatic heterocycles. The van der Waals surface area contributed by atoms with E-state index in [0.29, 0.717) is 18.4 Å². The quantitative estimate of drug-likeness (QED) is 0.188. The fourth-order valence-electron chi connectivity index (χ4n) is 2.97. The van der Waals surface area contributed by atoms with Gasteiger partial charge in [-0.25, -0.2) is 14.4 Å². The molecule has 0 amide bonds. The largest absolute Gasteiger partial charge is 0.514 e. The molecule has 1 aromatic rings. The number of carbonyl (C=O) groups is 4. The van der Waals surface area contributed by atoms with E-state index in [9.17, 15) is 19.2 Å². The van der Waals surface area contributed by atoms with Crippen LogP contribution in [0.5, 0.6) is 11.5 Å². The predicted octanol–water partition coefficient (Wildman–Crippen LogP) is 4.93. The van der Waals surface area contributed by atoms with Crippen molar-refractivity contribution in [3.05, 3.63) is 23.8 Å². The molecule has 12 heteroatoms. The van der Waals surface area contributed by atoms with Crippen molar-refractivity contribution in [2.75, 3.05) is 20.3 Å². The summed E-state index contributed by atoms with van der Waals surface area (Å²) in [6, 6.07) is 4.28. The second kappa shape index (κ2) is 16.4. The van der Waals surface area contributed by atoms with Crippen LogP contribution in [0.4, 0.5) is 14.4 Å². The number of esters is 1. The van der Waals surface area contributed by atoms with E-state index in [2.05, 4.69) is 0 Å². The van der Waals surface area contributed by atoms with Crippen LogP contribution in [0, 0.1) is 5.92 Å². The van der Waals surface area contributed by atoms with Crippen molar-refractivity contribution < 1.29 is 52.3 Å². The molecule has 0 aliphatic rings. The Balaban J connectivity index is 3.14. The number of rotatable bonds is 14. The third kappa shape index (κ3) is 12.2. The molecule has 1 rings (SSSR count). The van der Waals surface area contributed by atoms with Crippen LogP contribution in [0.1, 0.15) is 66.4 Å². The van der Waals surface area contributed by atoms with E-state index in [1.165, 1.54) is 25.3 Å². The molecule has 12 nitrogen and oxygen atoms in total. The molecule has 39 heavy (non-hydrogen) atoms. The van der Waals surface area contributed by atoms with Gasteiger partial charge in [0.25, 0.3) is 0 Å². The smallest absolute Gasteiger partial charge is 0.468 e. The van der Waals surface area contributed by atoms with Gasteiger partial charge in [0.2, 0.25) is 0 Å². The molecule has 220 valence electrons. The molecule has 3 atom stereocenters. The topological polar surface area (TPSA) is 159 Å². The van der Waals surface area contributed by atoms with E-state index in [4.69, 9.17) is 38.9 Å². The standard InChI is InChI=1S/C27H41NO11/c1-8-18(5)36-25(31)38-21-11-10-20(14-22(21)39-26(32)37-19(6)9-2)15-27(28,23(29)33-7)12-13-34-24(30)35-16-17(3)4/h10-11,14,17-19H,8-9,12-13,15-16,28H2,1-7H3/t18-,19?,27?/m0/s1. The Morgan fingerprint density at radius 2 is 1.41 bits per heavy atom. The highest BCUT2D eigenvalue weighted by Crippen LogP contribution is 2.31. The van der Waals surface area contributed by atoms with Crippen molar-refractivity contribution in [1.82, 2.24) is 0 Å². The average Bonchev–Trinajstić information content (AvgIpc) is 2.87. The van der Waals surface area contributed by atoms with Gasteiger partial charge in [-0.3, -0.25) is 4.79 Å². The van der Waals surface area contributed by atoms with Gasteiger partial charge in [0.1, 0.15) is 17.7 Å². The van der Waals surface area contributed by atoms with Crippen LogP contribution in [-0.2, 0) is 34.9 Å². The zero-order valence-corrected chi connectivity index (χ0v) is 23.8. The maximum absolute atomic E-state index is 12.6. The first-order valence-electron chi connectivity index (χ1n) is 12.9. The molecule has 0 aromatic heterocycles. The summed E-state index contributed by atoms with van der Waals surface area (Å²) in [5.74, 6) is -0.880. The monoisotopic (exact) mass is 555 g/mol. The molecule has 0 saturated carbocycles. The molecule has 0 spiro atoms. The van der Waals surface area contributed by atoms with Crippen LogP contribution in [0.25, 0.3) is 0 Å². The second-order valence-corrected chi connectivity index (χ2v) is 9.54. The van der Waals surface area contributed by atoms with Gasteiger partial charge in [0.15, 0.2) is 11.5 Å². The normalized spacial score (nSPS) is 13.9. The summed E-state index contributed by atoms with van der Waals surface area (Å²) in [5, 5.41) is 0. The van der Waals surface area contributed by atoms with Crippen molar-refractivity contribution in [2.24, 2.45) is 11.7 Å². The minimum absolute atomic E-state index is 0.0951. The van der Waals surface area contributed by atoms with Crippen LogP contribution in [-0.4, -0.2) is 62.5 Å². The number of benzene rings is 1. The summed E-state index contributed by atoms with van der Waals surface area (Å²) in [7, 11) is 1.18. The molecule has 0 radical (unpaired) electrons. The third-order valence-electron chi connectivity index (χ3n) is 5.55. The first kappa shape index (κ1) is 33.5. The first-order chi connectivity index (χ1) is 18.3. The van der Waals surface area contributed by atoms with Gasteiger partial charge in [-0.15, -0.1) is 0 Å². The summed E-state index contributed by atoms with van der Waals surface area (Å²) >= 11 is 0. The fraction of sp³-hybridized carbons (Fsp3) is 0.630. The maximum atomic E-state index is 12.6. The van der Waals surface area contributed by atoms with E-state index < -0.39 is 36.1 Å². The molecular weight excluding hydrogens is 514 g/mol. The van der Waals surface area contributed by atoms with E-state index in [1.54, 1.807) is 13.8 Å². The molecule has 0 heterocycles. The van der Waals surface area contributed by atoms with Gasteiger partial charge >= 0.3 is 24.4 Å². The Kier molecular flexibility index (Phi) is 14.1. The lowest BCUT2D eigenvalue weighted by atomic mass is 9.88. The van der Waals surface area contributed by atoms with E-state index in [1.807, 2.05) is 27.7 Å². The lowest BCUT2D eigenvalue weighted by molar-refractivity contribution is -0.147. The van der Waals surface area contributed by atoms with Gasteiger partial charge in [-0.05, 0) is 50.3 Å². The Hall–Kier alpha value is -3.54. The average molecular weight is 556 g/mol. The predicted molar refractivity (Wildman–Crippen MR) is 140 cm³/mol. The minimum Gasteiger partial charge on any atom is -0.468 e. The van der Waals surface area contributed by atoms with E-state index in [0.717, 1.165) is 0 Å². The van der Waals surface area contributed by atoms with Gasteiger partial charge in [-0.2, -0.15) is 0 Å². The zero-order valence-electron chi connectivity index (χ0n) is 23.8. The van der Waals surface area contributed by atoms with E-state index in [-0.39, 0.29) is 49.6 Å². The molecule has 1 aromatic carbocycles. The second-order valence-electron chi connectivity index (χ2n) is 9.54. The molecule has 0 aliphatic carbocycles. The summed E-state index contributed by atoms with van der Waals surface area (Å²) in [5.41, 5.74) is 5.19. The highest BCUT2D eigenvalue weighted by atomic mass is 16.8. The number of methoxy groups -OCH3 is 1. The Morgan fingerprint density at radius 1 is 0.846 bits per heavy atom. The van der Waals surface area contributed by atoms with Crippen LogP contribution in [0.3, 0.4) is 0 Å². The van der Waals surface area contributed by atoms with Crippen LogP contribution < -0.4 is 15.2 Å². The number of hydrogen-bond donors (Lipinski definition) is 1. The third-order valence-corrected chi connectivity index (χ3v) is 5.55. The molecule has 0 fully saturated rings. The van der Waals surface area contributed by atoms with Crippen molar-refractivity contribution in [2.45, 2.75) is 85.0 Å². The van der Waals surface area contributed by atoms with Crippen LogP contribution in [0.2, 0.25) is 0 Å². The Labute approximate surface area is 229 Å². The van der Waals surface area contributed by atoms with Crippen molar-refractivity contribution in [3.63, 3.8) is 0 Å². The SMILES string of the molecule is CCC(C)OC(=O)Oc1cc(CC(N)(CCOC(=O)OCC(C)C)C(=O)OC)ccc1OC(=O)O[C@@H](C)CC. The number of nitrogens with two attached hydrogens (primary N) is 1. The number of carbonyl (C=O) groups excluding carboxylic acids is 4. The highest BCUT2D eigenvalue weighted by Gasteiger charge is 2.36. The van der Waals surface area contributed by atoms with Gasteiger partial charge < -0.3 is 38.9 Å².